The molecule has 7 heteroatoms. The monoisotopic (exact) mass is 385 g/mol. The van der Waals surface area contributed by atoms with Crippen molar-refractivity contribution in [2.75, 3.05) is 11.9 Å². The Morgan fingerprint density at radius 1 is 0.931 bits per heavy atom. The first-order chi connectivity index (χ1) is 14.2. The van der Waals surface area contributed by atoms with Crippen molar-refractivity contribution in [3.63, 3.8) is 0 Å². The first-order valence-electron chi connectivity index (χ1n) is 9.22. The topological polar surface area (TPSA) is 85.9 Å². The predicted molar refractivity (Wildman–Crippen MR) is 112 cm³/mol. The molecule has 0 saturated carbocycles. The molecule has 0 unspecified atom stereocenters. The summed E-state index contributed by atoms with van der Waals surface area (Å²) >= 11 is 0. The van der Waals surface area contributed by atoms with Gasteiger partial charge in [-0.05, 0) is 29.3 Å². The van der Waals surface area contributed by atoms with Gasteiger partial charge in [-0.15, -0.1) is 0 Å². The standard InChI is InChI=1S/C22H19N5O2/c28-27(29)22-9-5-4-8-19(22)18-10-11-21(24-12-13-26-16-23-15-25-26)20(14-18)17-6-2-1-3-7-17/h1-11,14-16,24H,12-13H2. The number of nitro benzene ring substituents is 1. The minimum atomic E-state index is -0.345. The van der Waals surface area contributed by atoms with Gasteiger partial charge in [0.2, 0.25) is 0 Å². The zero-order valence-corrected chi connectivity index (χ0v) is 15.6. The molecule has 29 heavy (non-hydrogen) atoms. The molecule has 0 amide bonds. The molecule has 0 aliphatic rings. The maximum absolute atomic E-state index is 11.5. The van der Waals surface area contributed by atoms with E-state index in [1.165, 1.54) is 12.4 Å². The van der Waals surface area contributed by atoms with Gasteiger partial charge in [0.05, 0.1) is 17.0 Å². The molecule has 0 saturated heterocycles. The fourth-order valence-corrected chi connectivity index (χ4v) is 3.25. The third-order valence-electron chi connectivity index (χ3n) is 4.64. The quantitative estimate of drug-likeness (QED) is 0.370. The Kier molecular flexibility index (Phi) is 5.29. The Morgan fingerprint density at radius 3 is 2.48 bits per heavy atom. The number of nitrogens with one attached hydrogen (secondary N) is 1. The van der Waals surface area contributed by atoms with Crippen molar-refractivity contribution in [3.05, 3.63) is 95.6 Å². The number of hydrogen-bond donors (Lipinski definition) is 1. The van der Waals surface area contributed by atoms with Crippen molar-refractivity contribution in [1.82, 2.24) is 14.8 Å². The lowest BCUT2D eigenvalue weighted by Crippen LogP contribution is -2.11. The molecule has 0 atom stereocenters. The van der Waals surface area contributed by atoms with Gasteiger partial charge in [0, 0.05) is 23.9 Å². The van der Waals surface area contributed by atoms with Crippen LogP contribution in [0.3, 0.4) is 0 Å². The number of nitro groups is 1. The van der Waals surface area contributed by atoms with Crippen LogP contribution in [0.1, 0.15) is 0 Å². The third-order valence-corrected chi connectivity index (χ3v) is 4.64. The molecular weight excluding hydrogens is 366 g/mol. The van der Waals surface area contributed by atoms with Gasteiger partial charge >= 0.3 is 0 Å². The minimum Gasteiger partial charge on any atom is -0.383 e. The molecule has 1 N–H and O–H groups in total. The summed E-state index contributed by atoms with van der Waals surface area (Å²) < 4.78 is 1.76. The number of rotatable bonds is 7. The van der Waals surface area contributed by atoms with Crippen LogP contribution in [-0.2, 0) is 6.54 Å². The first-order valence-corrected chi connectivity index (χ1v) is 9.22. The van der Waals surface area contributed by atoms with Gasteiger partial charge < -0.3 is 5.32 Å². The molecular formula is C22H19N5O2. The van der Waals surface area contributed by atoms with E-state index in [1.807, 2.05) is 54.6 Å². The van der Waals surface area contributed by atoms with Crippen molar-refractivity contribution in [2.45, 2.75) is 6.54 Å². The number of hydrogen-bond acceptors (Lipinski definition) is 5. The highest BCUT2D eigenvalue weighted by molar-refractivity contribution is 5.85. The van der Waals surface area contributed by atoms with E-state index in [1.54, 1.807) is 23.1 Å². The second-order valence-corrected chi connectivity index (χ2v) is 6.49. The maximum Gasteiger partial charge on any atom is 0.277 e. The van der Waals surface area contributed by atoms with Crippen molar-refractivity contribution in [2.24, 2.45) is 0 Å². The van der Waals surface area contributed by atoms with Gasteiger partial charge in [0.25, 0.3) is 5.69 Å². The third kappa shape index (κ3) is 4.14. The van der Waals surface area contributed by atoms with Gasteiger partial charge in [0.15, 0.2) is 0 Å². The lowest BCUT2D eigenvalue weighted by atomic mass is 9.96. The number of para-hydroxylation sites is 1. The number of anilines is 1. The SMILES string of the molecule is O=[N+]([O-])c1ccccc1-c1ccc(NCCn2cncn2)c(-c2ccccc2)c1. The average molecular weight is 385 g/mol. The molecule has 0 bridgehead atoms. The van der Waals surface area contributed by atoms with Crippen LogP contribution in [0.5, 0.6) is 0 Å². The fraction of sp³-hybridized carbons (Fsp3) is 0.0909. The second-order valence-electron chi connectivity index (χ2n) is 6.49. The van der Waals surface area contributed by atoms with Gasteiger partial charge in [-0.3, -0.25) is 14.8 Å². The molecule has 1 aromatic heterocycles. The molecule has 1 heterocycles. The molecule has 0 aliphatic heterocycles. The summed E-state index contributed by atoms with van der Waals surface area (Å²) in [5.41, 5.74) is 4.48. The molecule has 4 aromatic rings. The van der Waals surface area contributed by atoms with Crippen molar-refractivity contribution < 1.29 is 4.92 Å². The predicted octanol–water partition coefficient (Wildman–Crippen LogP) is 4.63. The largest absolute Gasteiger partial charge is 0.383 e. The maximum atomic E-state index is 11.5. The average Bonchev–Trinajstić information content (AvgIpc) is 3.28. The normalized spacial score (nSPS) is 10.6. The molecule has 0 radical (unpaired) electrons. The summed E-state index contributed by atoms with van der Waals surface area (Å²) in [5, 5.41) is 19.0. The Hall–Kier alpha value is -4.00. The molecule has 4 rings (SSSR count). The van der Waals surface area contributed by atoms with E-state index < -0.39 is 0 Å². The van der Waals surface area contributed by atoms with E-state index in [0.29, 0.717) is 18.7 Å². The lowest BCUT2D eigenvalue weighted by Gasteiger charge is -2.15. The molecule has 0 spiro atoms. The summed E-state index contributed by atoms with van der Waals surface area (Å²) in [4.78, 5) is 15.1. The molecule has 0 aliphatic carbocycles. The summed E-state index contributed by atoms with van der Waals surface area (Å²) in [6.07, 6.45) is 3.19. The lowest BCUT2D eigenvalue weighted by molar-refractivity contribution is -0.384. The van der Waals surface area contributed by atoms with E-state index in [4.69, 9.17) is 0 Å². The van der Waals surface area contributed by atoms with Gasteiger partial charge in [-0.1, -0.05) is 48.5 Å². The Labute approximate surface area is 167 Å². The van der Waals surface area contributed by atoms with Crippen LogP contribution >= 0.6 is 0 Å². The number of nitrogens with zero attached hydrogens (tertiary/aromatic N) is 4. The van der Waals surface area contributed by atoms with Crippen molar-refractivity contribution >= 4 is 11.4 Å². The van der Waals surface area contributed by atoms with Crippen LogP contribution in [-0.4, -0.2) is 26.2 Å². The molecule has 3 aromatic carbocycles. The highest BCUT2D eigenvalue weighted by atomic mass is 16.6. The fourth-order valence-electron chi connectivity index (χ4n) is 3.25. The zero-order chi connectivity index (χ0) is 20.1. The zero-order valence-electron chi connectivity index (χ0n) is 15.6. The van der Waals surface area contributed by atoms with Crippen LogP contribution in [0.2, 0.25) is 0 Å². The van der Waals surface area contributed by atoms with Gasteiger partial charge in [-0.2, -0.15) is 5.10 Å². The van der Waals surface area contributed by atoms with Crippen LogP contribution < -0.4 is 5.32 Å². The Balaban J connectivity index is 1.70. The van der Waals surface area contributed by atoms with E-state index in [2.05, 4.69) is 15.4 Å². The highest BCUT2D eigenvalue weighted by Crippen LogP contribution is 2.36. The van der Waals surface area contributed by atoms with Crippen LogP contribution in [0, 0.1) is 10.1 Å². The summed E-state index contributed by atoms with van der Waals surface area (Å²) in [5.74, 6) is 0. The van der Waals surface area contributed by atoms with E-state index in [9.17, 15) is 10.1 Å². The van der Waals surface area contributed by atoms with Crippen LogP contribution in [0.15, 0.2) is 85.5 Å². The van der Waals surface area contributed by atoms with Gasteiger partial charge in [0.1, 0.15) is 12.7 Å². The summed E-state index contributed by atoms with van der Waals surface area (Å²) in [7, 11) is 0. The number of benzene rings is 3. The summed E-state index contributed by atoms with van der Waals surface area (Å²) in [6.45, 7) is 1.36. The Morgan fingerprint density at radius 2 is 1.72 bits per heavy atom. The van der Waals surface area contributed by atoms with E-state index in [0.717, 1.165) is 22.4 Å². The molecule has 0 fully saturated rings. The minimum absolute atomic E-state index is 0.0957. The van der Waals surface area contributed by atoms with Crippen LogP contribution in [0.25, 0.3) is 22.3 Å². The first kappa shape index (κ1) is 18.4. The van der Waals surface area contributed by atoms with Crippen LogP contribution in [0.4, 0.5) is 11.4 Å². The smallest absolute Gasteiger partial charge is 0.277 e. The number of aromatic nitrogens is 3. The van der Waals surface area contributed by atoms with E-state index >= 15 is 0 Å². The van der Waals surface area contributed by atoms with Crippen molar-refractivity contribution in [3.8, 4) is 22.3 Å². The van der Waals surface area contributed by atoms with Gasteiger partial charge in [-0.25, -0.2) is 4.98 Å². The highest BCUT2D eigenvalue weighted by Gasteiger charge is 2.16. The van der Waals surface area contributed by atoms with Crippen molar-refractivity contribution in [1.29, 1.82) is 0 Å². The Bertz CT molecular complexity index is 1110. The molecule has 144 valence electrons. The molecule has 7 nitrogen and oxygen atoms in total. The van der Waals surface area contributed by atoms with E-state index in [-0.39, 0.29) is 10.6 Å². The summed E-state index contributed by atoms with van der Waals surface area (Å²) in [6, 6.07) is 22.7. The second kappa shape index (κ2) is 8.35.